The van der Waals surface area contributed by atoms with Crippen molar-refractivity contribution in [3.05, 3.63) is 42.0 Å². The molecule has 0 saturated carbocycles. The summed E-state index contributed by atoms with van der Waals surface area (Å²) in [6.07, 6.45) is 0.523. The molecule has 0 heterocycles. The number of aliphatic hydroxyl groups is 1. The molecule has 0 aliphatic heterocycles. The van der Waals surface area contributed by atoms with E-state index in [1.165, 1.54) is 16.3 Å². The smallest absolute Gasteiger partial charge is 0.119 e. The molecular formula is C16H21NO2. The Labute approximate surface area is 114 Å². The van der Waals surface area contributed by atoms with Crippen molar-refractivity contribution in [2.24, 2.45) is 0 Å². The van der Waals surface area contributed by atoms with Crippen molar-refractivity contribution in [1.29, 1.82) is 0 Å². The second kappa shape index (κ2) is 6.55. The molecule has 0 amide bonds. The van der Waals surface area contributed by atoms with Crippen molar-refractivity contribution in [2.45, 2.75) is 26.0 Å². The minimum Gasteiger partial charge on any atom is -0.497 e. The summed E-state index contributed by atoms with van der Waals surface area (Å²) in [6, 6.07) is 12.4. The Morgan fingerprint density at radius 1 is 1.16 bits per heavy atom. The predicted octanol–water partition coefficient (Wildman–Crippen LogP) is 2.71. The van der Waals surface area contributed by atoms with E-state index in [0.717, 1.165) is 18.7 Å². The molecule has 1 unspecified atom stereocenters. The molecule has 0 fully saturated rings. The normalized spacial score (nSPS) is 12.6. The quantitative estimate of drug-likeness (QED) is 0.838. The second-order valence-electron chi connectivity index (χ2n) is 4.74. The van der Waals surface area contributed by atoms with Crippen molar-refractivity contribution >= 4 is 10.8 Å². The average molecular weight is 259 g/mol. The maximum atomic E-state index is 9.49. The number of benzene rings is 2. The first kappa shape index (κ1) is 13.8. The zero-order chi connectivity index (χ0) is 13.7. The molecule has 0 aliphatic carbocycles. The number of nitrogens with one attached hydrogen (secondary N) is 1. The van der Waals surface area contributed by atoms with Crippen LogP contribution in [-0.4, -0.2) is 24.9 Å². The van der Waals surface area contributed by atoms with E-state index in [1.54, 1.807) is 7.11 Å². The first-order valence-electron chi connectivity index (χ1n) is 6.68. The van der Waals surface area contributed by atoms with Gasteiger partial charge in [-0.1, -0.05) is 25.1 Å². The van der Waals surface area contributed by atoms with Gasteiger partial charge < -0.3 is 15.2 Å². The zero-order valence-electron chi connectivity index (χ0n) is 11.5. The first-order chi connectivity index (χ1) is 9.22. The monoisotopic (exact) mass is 259 g/mol. The van der Waals surface area contributed by atoms with Crippen LogP contribution in [0.25, 0.3) is 10.8 Å². The van der Waals surface area contributed by atoms with Crippen molar-refractivity contribution in [2.75, 3.05) is 13.7 Å². The van der Waals surface area contributed by atoms with E-state index in [-0.39, 0.29) is 6.10 Å². The lowest BCUT2D eigenvalue weighted by Crippen LogP contribution is -2.25. The van der Waals surface area contributed by atoms with E-state index in [2.05, 4.69) is 29.6 Å². The van der Waals surface area contributed by atoms with Gasteiger partial charge >= 0.3 is 0 Å². The van der Waals surface area contributed by atoms with Crippen LogP contribution in [-0.2, 0) is 6.54 Å². The molecule has 102 valence electrons. The molecular weight excluding hydrogens is 238 g/mol. The van der Waals surface area contributed by atoms with Gasteiger partial charge in [0.2, 0.25) is 0 Å². The van der Waals surface area contributed by atoms with Gasteiger partial charge in [0, 0.05) is 13.1 Å². The highest BCUT2D eigenvalue weighted by Gasteiger charge is 2.01. The Balaban J connectivity index is 2.05. The van der Waals surface area contributed by atoms with Gasteiger partial charge in [-0.15, -0.1) is 0 Å². The fourth-order valence-corrected chi connectivity index (χ4v) is 2.04. The van der Waals surface area contributed by atoms with Crippen LogP contribution in [0.5, 0.6) is 5.75 Å². The Kier molecular flexibility index (Phi) is 4.77. The summed E-state index contributed by atoms with van der Waals surface area (Å²) in [7, 11) is 1.68. The molecule has 0 saturated heterocycles. The second-order valence-corrected chi connectivity index (χ2v) is 4.74. The molecule has 1 atom stereocenters. The van der Waals surface area contributed by atoms with Crippen molar-refractivity contribution < 1.29 is 9.84 Å². The highest BCUT2D eigenvalue weighted by atomic mass is 16.5. The van der Waals surface area contributed by atoms with E-state index in [4.69, 9.17) is 4.74 Å². The third-order valence-corrected chi connectivity index (χ3v) is 3.29. The van der Waals surface area contributed by atoms with Gasteiger partial charge in [-0.05, 0) is 41.0 Å². The van der Waals surface area contributed by atoms with Crippen LogP contribution in [0.3, 0.4) is 0 Å². The molecule has 2 aromatic rings. The Hall–Kier alpha value is -1.58. The van der Waals surface area contributed by atoms with Crippen LogP contribution in [0.1, 0.15) is 18.9 Å². The van der Waals surface area contributed by atoms with Crippen LogP contribution in [0.15, 0.2) is 36.4 Å². The highest BCUT2D eigenvalue weighted by Crippen LogP contribution is 2.21. The highest BCUT2D eigenvalue weighted by molar-refractivity contribution is 5.84. The Morgan fingerprint density at radius 2 is 1.89 bits per heavy atom. The molecule has 19 heavy (non-hydrogen) atoms. The maximum absolute atomic E-state index is 9.49. The van der Waals surface area contributed by atoms with Gasteiger partial charge in [0.05, 0.1) is 13.2 Å². The van der Waals surface area contributed by atoms with E-state index in [1.807, 2.05) is 19.1 Å². The summed E-state index contributed by atoms with van der Waals surface area (Å²) in [5, 5.41) is 15.1. The molecule has 3 heteroatoms. The van der Waals surface area contributed by atoms with Gasteiger partial charge in [-0.25, -0.2) is 0 Å². The summed E-state index contributed by atoms with van der Waals surface area (Å²) in [6.45, 7) is 3.39. The lowest BCUT2D eigenvalue weighted by atomic mass is 10.1. The van der Waals surface area contributed by atoms with Gasteiger partial charge in [0.25, 0.3) is 0 Å². The van der Waals surface area contributed by atoms with E-state index in [9.17, 15) is 5.11 Å². The molecule has 0 bridgehead atoms. The minimum atomic E-state index is -0.260. The lowest BCUT2D eigenvalue weighted by Gasteiger charge is -2.10. The van der Waals surface area contributed by atoms with E-state index >= 15 is 0 Å². The molecule has 0 radical (unpaired) electrons. The minimum absolute atomic E-state index is 0.260. The van der Waals surface area contributed by atoms with Gasteiger partial charge in [0.1, 0.15) is 5.75 Å². The average Bonchev–Trinajstić information content (AvgIpc) is 2.46. The van der Waals surface area contributed by atoms with Crippen LogP contribution in [0.2, 0.25) is 0 Å². The van der Waals surface area contributed by atoms with Crippen molar-refractivity contribution in [3.63, 3.8) is 0 Å². The van der Waals surface area contributed by atoms with Crippen LogP contribution in [0.4, 0.5) is 0 Å². The number of hydrogen-bond acceptors (Lipinski definition) is 3. The molecule has 0 spiro atoms. The molecule has 0 aromatic heterocycles. The summed E-state index contributed by atoms with van der Waals surface area (Å²) in [5.41, 5.74) is 1.22. The van der Waals surface area contributed by atoms with Crippen molar-refractivity contribution in [1.82, 2.24) is 5.32 Å². The third kappa shape index (κ3) is 3.69. The number of aliphatic hydroxyl groups excluding tert-OH is 1. The molecule has 2 N–H and O–H groups in total. The SMILES string of the molecule is CCC(O)CNCc1ccc2cc(OC)ccc2c1. The zero-order valence-corrected chi connectivity index (χ0v) is 11.5. The van der Waals surface area contributed by atoms with Crippen LogP contribution in [0, 0.1) is 0 Å². The van der Waals surface area contributed by atoms with Gasteiger partial charge in [-0.3, -0.25) is 0 Å². The number of hydrogen-bond donors (Lipinski definition) is 2. The fourth-order valence-electron chi connectivity index (χ4n) is 2.04. The van der Waals surface area contributed by atoms with Gasteiger partial charge in [-0.2, -0.15) is 0 Å². The number of ether oxygens (including phenoxy) is 1. The van der Waals surface area contributed by atoms with Crippen molar-refractivity contribution in [3.8, 4) is 5.75 Å². The summed E-state index contributed by atoms with van der Waals surface area (Å²) in [5.74, 6) is 0.879. The molecule has 0 aliphatic rings. The topological polar surface area (TPSA) is 41.5 Å². The summed E-state index contributed by atoms with van der Waals surface area (Å²) >= 11 is 0. The molecule has 3 nitrogen and oxygen atoms in total. The standard InChI is InChI=1S/C16H21NO2/c1-3-15(18)11-17-10-12-4-5-14-9-16(19-2)7-6-13(14)8-12/h4-9,15,17-18H,3,10-11H2,1-2H3. The summed E-state index contributed by atoms with van der Waals surface area (Å²) in [4.78, 5) is 0. The van der Waals surface area contributed by atoms with E-state index in [0.29, 0.717) is 6.54 Å². The lowest BCUT2D eigenvalue weighted by molar-refractivity contribution is 0.167. The largest absolute Gasteiger partial charge is 0.497 e. The van der Waals surface area contributed by atoms with Crippen LogP contribution >= 0.6 is 0 Å². The number of fused-ring (bicyclic) bond motifs is 1. The van der Waals surface area contributed by atoms with E-state index < -0.39 is 0 Å². The summed E-state index contributed by atoms with van der Waals surface area (Å²) < 4.78 is 5.22. The maximum Gasteiger partial charge on any atom is 0.119 e. The number of methoxy groups -OCH3 is 1. The molecule has 2 aromatic carbocycles. The van der Waals surface area contributed by atoms with Crippen LogP contribution < -0.4 is 10.1 Å². The Morgan fingerprint density at radius 3 is 2.63 bits per heavy atom. The first-order valence-corrected chi connectivity index (χ1v) is 6.68. The third-order valence-electron chi connectivity index (χ3n) is 3.29. The van der Waals surface area contributed by atoms with Gasteiger partial charge in [0.15, 0.2) is 0 Å². The molecule has 2 rings (SSSR count). The Bertz CT molecular complexity index is 539. The fraction of sp³-hybridized carbons (Fsp3) is 0.375. The number of rotatable bonds is 6. The predicted molar refractivity (Wildman–Crippen MR) is 78.5 cm³/mol.